The minimum absolute atomic E-state index is 0.127. The fourth-order valence-corrected chi connectivity index (χ4v) is 3.52. The van der Waals surface area contributed by atoms with Gasteiger partial charge >= 0.3 is 0 Å². The van der Waals surface area contributed by atoms with Crippen LogP contribution in [0.4, 0.5) is 5.69 Å². The summed E-state index contributed by atoms with van der Waals surface area (Å²) in [4.78, 5) is 2.15. The zero-order valence-corrected chi connectivity index (χ0v) is 19.6. The van der Waals surface area contributed by atoms with Crippen molar-refractivity contribution in [3.63, 3.8) is 0 Å². The van der Waals surface area contributed by atoms with E-state index in [-0.39, 0.29) is 5.75 Å². The number of ether oxygens (including phenoxy) is 3. The third kappa shape index (κ3) is 4.54. The maximum absolute atomic E-state index is 10.5. The van der Waals surface area contributed by atoms with Gasteiger partial charge in [-0.1, -0.05) is 0 Å². The lowest BCUT2D eigenvalue weighted by molar-refractivity contribution is 0.324. The number of aromatic amines is 1. The van der Waals surface area contributed by atoms with Gasteiger partial charge in [-0.25, -0.2) is 5.10 Å². The van der Waals surface area contributed by atoms with Gasteiger partial charge < -0.3 is 24.2 Å². The van der Waals surface area contributed by atoms with Gasteiger partial charge in [0.05, 0.1) is 27.5 Å². The second-order valence-corrected chi connectivity index (χ2v) is 7.12. The lowest BCUT2D eigenvalue weighted by Crippen LogP contribution is -2.21. The molecule has 2 aromatic carbocycles. The summed E-state index contributed by atoms with van der Waals surface area (Å²) in [5, 5.41) is 22.0. The predicted octanol–water partition coefficient (Wildman–Crippen LogP) is 4.07. The maximum Gasteiger partial charge on any atom is 0.216 e. The van der Waals surface area contributed by atoms with Gasteiger partial charge in [-0.15, -0.1) is 0 Å². The first-order valence-corrected chi connectivity index (χ1v) is 10.5. The molecule has 0 aliphatic rings. The van der Waals surface area contributed by atoms with Crippen LogP contribution < -0.4 is 19.1 Å². The summed E-state index contributed by atoms with van der Waals surface area (Å²) >= 11 is 5.35. The Bertz CT molecular complexity index is 1140. The van der Waals surface area contributed by atoms with Gasteiger partial charge in [0.1, 0.15) is 5.75 Å². The SMILES string of the molecule is CCN(CC)c1ccc(/C=N/n2c(-c3cc(OC)c(OC)c(OC)c3)n[nH]c2=S)c(O)c1. The van der Waals surface area contributed by atoms with E-state index in [1.165, 1.54) is 10.9 Å². The second kappa shape index (κ2) is 10.2. The standard InChI is InChI=1S/C22H27N5O4S/c1-6-26(7-2)16-9-8-14(17(28)12-16)13-23-27-21(24-25-22(27)32)15-10-18(29-3)20(31-5)19(11-15)30-4/h8-13,28H,6-7H2,1-5H3,(H,25,32)/b23-13+. The summed E-state index contributed by atoms with van der Waals surface area (Å²) in [6.07, 6.45) is 1.54. The van der Waals surface area contributed by atoms with Gasteiger partial charge in [-0.05, 0) is 50.3 Å². The number of aromatic nitrogens is 3. The van der Waals surface area contributed by atoms with E-state index in [0.29, 0.717) is 39.0 Å². The zero-order valence-electron chi connectivity index (χ0n) is 18.7. The Morgan fingerprint density at radius 3 is 2.28 bits per heavy atom. The summed E-state index contributed by atoms with van der Waals surface area (Å²) in [6, 6.07) is 9.00. The van der Waals surface area contributed by atoms with E-state index in [2.05, 4.69) is 34.0 Å². The molecular weight excluding hydrogens is 430 g/mol. The third-order valence-corrected chi connectivity index (χ3v) is 5.29. The summed E-state index contributed by atoms with van der Waals surface area (Å²) in [6.45, 7) is 5.85. The van der Waals surface area contributed by atoms with Crippen molar-refractivity contribution >= 4 is 24.1 Å². The summed E-state index contributed by atoms with van der Waals surface area (Å²) in [5.74, 6) is 2.01. The summed E-state index contributed by atoms with van der Waals surface area (Å²) in [5.41, 5.74) is 2.16. The van der Waals surface area contributed by atoms with E-state index in [1.54, 1.807) is 39.5 Å². The van der Waals surface area contributed by atoms with Crippen LogP contribution in [0, 0.1) is 4.77 Å². The molecule has 0 spiro atoms. The molecule has 10 heteroatoms. The number of H-pyrrole nitrogens is 1. The Hall–Kier alpha value is -3.53. The molecule has 0 bridgehead atoms. The normalized spacial score (nSPS) is 11.0. The molecule has 0 radical (unpaired) electrons. The van der Waals surface area contributed by atoms with E-state index >= 15 is 0 Å². The highest BCUT2D eigenvalue weighted by Gasteiger charge is 2.17. The second-order valence-electron chi connectivity index (χ2n) is 6.74. The predicted molar refractivity (Wildman–Crippen MR) is 127 cm³/mol. The molecule has 0 saturated heterocycles. The highest BCUT2D eigenvalue weighted by Crippen LogP contribution is 2.40. The van der Waals surface area contributed by atoms with E-state index in [9.17, 15) is 5.11 Å². The van der Waals surface area contributed by atoms with Gasteiger partial charge in [-0.3, -0.25) is 0 Å². The van der Waals surface area contributed by atoms with Gasteiger partial charge in [-0.2, -0.15) is 14.9 Å². The zero-order chi connectivity index (χ0) is 23.3. The van der Waals surface area contributed by atoms with Crippen molar-refractivity contribution in [2.45, 2.75) is 13.8 Å². The molecule has 0 fully saturated rings. The molecule has 1 heterocycles. The van der Waals surface area contributed by atoms with Crippen LogP contribution in [-0.2, 0) is 0 Å². The van der Waals surface area contributed by atoms with E-state index in [4.69, 9.17) is 26.4 Å². The molecule has 170 valence electrons. The number of anilines is 1. The number of aromatic hydroxyl groups is 1. The van der Waals surface area contributed by atoms with Crippen molar-refractivity contribution in [3.05, 3.63) is 40.7 Å². The highest BCUT2D eigenvalue weighted by molar-refractivity contribution is 7.71. The van der Waals surface area contributed by atoms with Crippen molar-refractivity contribution in [1.82, 2.24) is 14.9 Å². The van der Waals surface area contributed by atoms with Crippen LogP contribution >= 0.6 is 12.2 Å². The molecule has 2 N–H and O–H groups in total. The molecule has 0 unspecified atom stereocenters. The molecule has 0 saturated carbocycles. The molecule has 0 aliphatic carbocycles. The van der Waals surface area contributed by atoms with Crippen LogP contribution in [0.15, 0.2) is 35.4 Å². The van der Waals surface area contributed by atoms with E-state index < -0.39 is 0 Å². The summed E-state index contributed by atoms with van der Waals surface area (Å²) < 4.78 is 18.0. The topological polar surface area (TPSA) is 97.1 Å². The van der Waals surface area contributed by atoms with Crippen LogP contribution in [0.1, 0.15) is 19.4 Å². The molecule has 3 aromatic rings. The first kappa shape index (κ1) is 23.1. The Balaban J connectivity index is 2.01. The number of phenols is 1. The Labute approximate surface area is 191 Å². The molecule has 1 aromatic heterocycles. The average Bonchev–Trinajstić information content (AvgIpc) is 3.18. The van der Waals surface area contributed by atoms with Crippen molar-refractivity contribution in [2.75, 3.05) is 39.3 Å². The Morgan fingerprint density at radius 1 is 1.09 bits per heavy atom. The largest absolute Gasteiger partial charge is 0.507 e. The molecule has 3 rings (SSSR count). The molecule has 32 heavy (non-hydrogen) atoms. The minimum atomic E-state index is 0.127. The van der Waals surface area contributed by atoms with Gasteiger partial charge in [0.15, 0.2) is 17.3 Å². The fraction of sp³-hybridized carbons (Fsp3) is 0.318. The van der Waals surface area contributed by atoms with Crippen molar-refractivity contribution < 1.29 is 19.3 Å². The number of nitrogens with zero attached hydrogens (tertiary/aromatic N) is 4. The lowest BCUT2D eigenvalue weighted by atomic mass is 10.1. The van der Waals surface area contributed by atoms with Gasteiger partial charge in [0.25, 0.3) is 0 Å². The van der Waals surface area contributed by atoms with Crippen molar-refractivity contribution in [3.8, 4) is 34.4 Å². The first-order valence-electron chi connectivity index (χ1n) is 10.1. The lowest BCUT2D eigenvalue weighted by Gasteiger charge is -2.21. The first-order chi connectivity index (χ1) is 15.5. The molecule has 0 aliphatic heterocycles. The number of hydrogen-bond donors (Lipinski definition) is 2. The Morgan fingerprint density at radius 2 is 1.75 bits per heavy atom. The number of rotatable bonds is 9. The Kier molecular flexibility index (Phi) is 7.37. The minimum Gasteiger partial charge on any atom is -0.507 e. The monoisotopic (exact) mass is 457 g/mol. The van der Waals surface area contributed by atoms with E-state index in [0.717, 1.165) is 18.8 Å². The quantitative estimate of drug-likeness (QED) is 0.369. The van der Waals surface area contributed by atoms with Gasteiger partial charge in [0, 0.05) is 36.0 Å². The summed E-state index contributed by atoms with van der Waals surface area (Å²) in [7, 11) is 4.63. The molecule has 0 amide bonds. The smallest absolute Gasteiger partial charge is 0.216 e. The number of hydrogen-bond acceptors (Lipinski definition) is 8. The number of phenolic OH excluding ortho intramolecular Hbond substituents is 1. The van der Waals surface area contributed by atoms with Crippen LogP contribution in [0.3, 0.4) is 0 Å². The van der Waals surface area contributed by atoms with Crippen LogP contribution in [0.5, 0.6) is 23.0 Å². The van der Waals surface area contributed by atoms with Crippen LogP contribution in [-0.4, -0.2) is 60.6 Å². The molecule has 9 nitrogen and oxygen atoms in total. The van der Waals surface area contributed by atoms with Crippen LogP contribution in [0.2, 0.25) is 0 Å². The molecular formula is C22H27N5O4S. The number of methoxy groups -OCH3 is 3. The maximum atomic E-state index is 10.5. The average molecular weight is 458 g/mol. The van der Waals surface area contributed by atoms with E-state index in [1.807, 2.05) is 12.1 Å². The highest BCUT2D eigenvalue weighted by atomic mass is 32.1. The van der Waals surface area contributed by atoms with Crippen molar-refractivity contribution in [1.29, 1.82) is 0 Å². The number of benzene rings is 2. The van der Waals surface area contributed by atoms with Crippen LogP contribution in [0.25, 0.3) is 11.4 Å². The molecule has 0 atom stereocenters. The van der Waals surface area contributed by atoms with Gasteiger partial charge in [0.2, 0.25) is 10.5 Å². The number of nitrogens with one attached hydrogen (secondary N) is 1. The van der Waals surface area contributed by atoms with Crippen molar-refractivity contribution in [2.24, 2.45) is 5.10 Å². The third-order valence-electron chi connectivity index (χ3n) is 5.03. The fourth-order valence-electron chi connectivity index (χ4n) is 3.34.